The quantitative estimate of drug-likeness (QED) is 0.833. The second-order valence-corrected chi connectivity index (χ2v) is 8.71. The van der Waals surface area contributed by atoms with Gasteiger partial charge < -0.3 is 14.9 Å². The van der Waals surface area contributed by atoms with Gasteiger partial charge in [-0.2, -0.15) is 0 Å². The number of urea groups is 1. The summed E-state index contributed by atoms with van der Waals surface area (Å²) in [7, 11) is 0. The summed E-state index contributed by atoms with van der Waals surface area (Å²) < 4.78 is 13.2. The van der Waals surface area contributed by atoms with Crippen LogP contribution in [0, 0.1) is 5.82 Å². The van der Waals surface area contributed by atoms with Crippen molar-refractivity contribution in [2.24, 2.45) is 0 Å². The lowest BCUT2D eigenvalue weighted by Crippen LogP contribution is -2.57. The van der Waals surface area contributed by atoms with Crippen molar-refractivity contribution in [3.8, 4) is 0 Å². The fourth-order valence-electron chi connectivity index (χ4n) is 6.09. The first-order chi connectivity index (χ1) is 12.6. The monoisotopic (exact) mass is 358 g/mol. The van der Waals surface area contributed by atoms with Crippen molar-refractivity contribution in [2.45, 2.75) is 87.6 Å². The smallest absolute Gasteiger partial charge is 0.321 e. The largest absolute Gasteiger partial charge is 0.393 e. The van der Waals surface area contributed by atoms with Crippen LogP contribution in [0.25, 0.3) is 0 Å². The minimum atomic E-state index is -0.238. The lowest BCUT2D eigenvalue weighted by atomic mass is 9.85. The number of piperidine rings is 2. The molecule has 4 bridgehead atoms. The van der Waals surface area contributed by atoms with E-state index in [1.165, 1.54) is 5.56 Å². The maximum Gasteiger partial charge on any atom is 0.321 e. The molecule has 1 aromatic rings. The van der Waals surface area contributed by atoms with Gasteiger partial charge in [0.25, 0.3) is 0 Å². The third-order valence-corrected chi connectivity index (χ3v) is 7.22. The van der Waals surface area contributed by atoms with Crippen molar-refractivity contribution in [2.75, 3.05) is 0 Å². The van der Waals surface area contributed by atoms with Gasteiger partial charge in [-0.3, -0.25) is 0 Å². The van der Waals surface area contributed by atoms with Crippen LogP contribution >= 0.6 is 0 Å². The van der Waals surface area contributed by atoms with E-state index in [-0.39, 0.29) is 30.0 Å². The Kier molecular flexibility index (Phi) is 3.96. The predicted molar refractivity (Wildman–Crippen MR) is 96.3 cm³/mol. The SMILES string of the molecule is O=C(N1[C@@H]2CC[C@H]1C[C@@H](O)C2)N1[C@@H]2CC[C@H]1C[C@@H](c1ccc(F)cc1)C2. The van der Waals surface area contributed by atoms with E-state index in [1.54, 1.807) is 12.1 Å². The summed E-state index contributed by atoms with van der Waals surface area (Å²) in [4.78, 5) is 17.7. The Bertz CT molecular complexity index is 666. The number of aliphatic hydroxyl groups is 1. The van der Waals surface area contributed by atoms with Gasteiger partial charge in [0, 0.05) is 24.2 Å². The first kappa shape index (κ1) is 16.5. The van der Waals surface area contributed by atoms with E-state index in [0.29, 0.717) is 18.0 Å². The van der Waals surface area contributed by atoms with E-state index >= 15 is 0 Å². The topological polar surface area (TPSA) is 43.8 Å². The van der Waals surface area contributed by atoms with Crippen molar-refractivity contribution in [3.05, 3.63) is 35.6 Å². The molecule has 5 rings (SSSR count). The molecule has 4 heterocycles. The minimum Gasteiger partial charge on any atom is -0.393 e. The second kappa shape index (κ2) is 6.22. The van der Waals surface area contributed by atoms with Gasteiger partial charge in [-0.1, -0.05) is 12.1 Å². The lowest BCUT2D eigenvalue weighted by Gasteiger charge is -2.45. The van der Waals surface area contributed by atoms with E-state index < -0.39 is 0 Å². The van der Waals surface area contributed by atoms with Crippen LogP contribution in [0.15, 0.2) is 24.3 Å². The normalized spacial score (nSPS) is 38.7. The number of hydrogen-bond donors (Lipinski definition) is 1. The van der Waals surface area contributed by atoms with Crippen molar-refractivity contribution in [3.63, 3.8) is 0 Å². The summed E-state index contributed by atoms with van der Waals surface area (Å²) in [6.07, 6.45) is 7.45. The van der Waals surface area contributed by atoms with Crippen LogP contribution in [0.5, 0.6) is 0 Å². The molecule has 0 aliphatic carbocycles. The number of hydrogen-bond acceptors (Lipinski definition) is 2. The van der Waals surface area contributed by atoms with Gasteiger partial charge in [0.15, 0.2) is 0 Å². The summed E-state index contributed by atoms with van der Waals surface area (Å²) in [6, 6.07) is 8.19. The van der Waals surface area contributed by atoms with Crippen molar-refractivity contribution < 1.29 is 14.3 Å². The highest BCUT2D eigenvalue weighted by Crippen LogP contribution is 2.45. The Morgan fingerprint density at radius 3 is 1.81 bits per heavy atom. The Morgan fingerprint density at radius 2 is 1.31 bits per heavy atom. The third-order valence-electron chi connectivity index (χ3n) is 7.22. The number of carbonyl (C=O) groups excluding carboxylic acids is 1. The van der Waals surface area contributed by atoms with Crippen LogP contribution in [0.4, 0.5) is 9.18 Å². The molecule has 0 radical (unpaired) electrons. The van der Waals surface area contributed by atoms with Gasteiger partial charge in [-0.05, 0) is 75.0 Å². The first-order valence-electron chi connectivity index (χ1n) is 10.1. The summed E-state index contributed by atoms with van der Waals surface area (Å²) >= 11 is 0. The highest BCUT2D eigenvalue weighted by molar-refractivity contribution is 5.77. The molecule has 0 unspecified atom stereocenters. The van der Waals surface area contributed by atoms with Crippen LogP contribution in [-0.4, -0.2) is 51.2 Å². The molecule has 0 aromatic heterocycles. The number of aliphatic hydroxyl groups excluding tert-OH is 1. The van der Waals surface area contributed by atoms with E-state index in [2.05, 4.69) is 9.80 Å². The number of rotatable bonds is 1. The summed E-state index contributed by atoms with van der Waals surface area (Å²) in [5.74, 6) is 0.240. The third kappa shape index (κ3) is 2.63. The van der Waals surface area contributed by atoms with Gasteiger partial charge in [0.05, 0.1) is 6.10 Å². The van der Waals surface area contributed by atoms with Crippen LogP contribution in [0.2, 0.25) is 0 Å². The predicted octanol–water partition coefficient (Wildman–Crippen LogP) is 3.64. The molecule has 0 spiro atoms. The molecule has 5 heteroatoms. The first-order valence-corrected chi connectivity index (χ1v) is 10.1. The zero-order chi connectivity index (χ0) is 17.8. The Balaban J connectivity index is 1.33. The zero-order valence-electron chi connectivity index (χ0n) is 15.1. The van der Waals surface area contributed by atoms with Crippen LogP contribution < -0.4 is 0 Å². The lowest BCUT2D eigenvalue weighted by molar-refractivity contribution is 0.0314. The number of fused-ring (bicyclic) bond motifs is 4. The number of benzene rings is 1. The highest BCUT2D eigenvalue weighted by atomic mass is 19.1. The molecule has 4 fully saturated rings. The fraction of sp³-hybridized carbons (Fsp3) is 0.667. The van der Waals surface area contributed by atoms with E-state index in [1.807, 2.05) is 12.1 Å². The van der Waals surface area contributed by atoms with Gasteiger partial charge in [-0.15, -0.1) is 0 Å². The molecule has 1 aromatic carbocycles. The number of amides is 2. The number of halogens is 1. The highest BCUT2D eigenvalue weighted by Gasteiger charge is 2.50. The Morgan fingerprint density at radius 1 is 0.846 bits per heavy atom. The standard InChI is InChI=1S/C21H27FN2O2/c22-15-3-1-13(2-4-15)14-9-16-5-6-17(10-14)23(16)21(26)24-18-7-8-19(24)12-20(25)11-18/h1-4,14,16-20,25H,5-12H2/t14-,16+,17-,18-,19+,20+. The number of carbonyl (C=O) groups is 1. The molecule has 0 saturated carbocycles. The molecule has 26 heavy (non-hydrogen) atoms. The van der Waals surface area contributed by atoms with E-state index in [4.69, 9.17) is 0 Å². The van der Waals surface area contributed by atoms with Crippen LogP contribution in [0.3, 0.4) is 0 Å². The summed E-state index contributed by atoms with van der Waals surface area (Å²) in [5, 5.41) is 10.0. The van der Waals surface area contributed by atoms with E-state index in [9.17, 15) is 14.3 Å². The Hall–Kier alpha value is -1.62. The maximum absolute atomic E-state index is 13.4. The van der Waals surface area contributed by atoms with Gasteiger partial charge in [-0.25, -0.2) is 9.18 Å². The molecule has 2 amide bonds. The van der Waals surface area contributed by atoms with Crippen molar-refractivity contribution in [1.29, 1.82) is 0 Å². The fourth-order valence-corrected chi connectivity index (χ4v) is 6.09. The van der Waals surface area contributed by atoms with Crippen molar-refractivity contribution >= 4 is 6.03 Å². The van der Waals surface area contributed by atoms with Crippen LogP contribution in [-0.2, 0) is 0 Å². The second-order valence-electron chi connectivity index (χ2n) is 8.71. The molecule has 4 nitrogen and oxygen atoms in total. The zero-order valence-corrected chi connectivity index (χ0v) is 15.1. The summed E-state index contributed by atoms with van der Waals surface area (Å²) in [6.45, 7) is 0. The summed E-state index contributed by atoms with van der Waals surface area (Å²) in [5.41, 5.74) is 1.21. The average molecular weight is 358 g/mol. The van der Waals surface area contributed by atoms with Gasteiger partial charge in [0.2, 0.25) is 0 Å². The molecule has 140 valence electrons. The molecule has 4 saturated heterocycles. The molecule has 6 atom stereocenters. The molecular weight excluding hydrogens is 331 g/mol. The van der Waals surface area contributed by atoms with Gasteiger partial charge in [0.1, 0.15) is 5.82 Å². The van der Waals surface area contributed by atoms with Crippen molar-refractivity contribution in [1.82, 2.24) is 9.80 Å². The average Bonchev–Trinajstić information content (AvgIpc) is 3.05. The Labute approximate surface area is 154 Å². The van der Waals surface area contributed by atoms with E-state index in [0.717, 1.165) is 51.4 Å². The van der Waals surface area contributed by atoms with Crippen LogP contribution in [0.1, 0.15) is 62.8 Å². The maximum atomic E-state index is 13.4. The molecule has 4 aliphatic rings. The molecule has 4 aliphatic heterocycles. The number of nitrogens with zero attached hydrogens (tertiary/aromatic N) is 2. The van der Waals surface area contributed by atoms with Gasteiger partial charge >= 0.3 is 6.03 Å². The molecular formula is C21H27FN2O2. The minimum absolute atomic E-state index is 0.188. The molecule has 1 N–H and O–H groups in total.